The highest BCUT2D eigenvalue weighted by Gasteiger charge is 2.42. The fourth-order valence-electron chi connectivity index (χ4n) is 4.29. The SMILES string of the molecule is CCCCOc1ccc([C@H]2c3c(-c4ccccc4O)n[nH]c3C(=O)N2CCCOC(C)C)cc1. The molecule has 1 amide bonds. The predicted octanol–water partition coefficient (Wildman–Crippen LogP) is 5.32. The zero-order chi connectivity index (χ0) is 24.1. The van der Waals surface area contributed by atoms with E-state index >= 15 is 0 Å². The number of phenolic OH excluding ortho intramolecular Hbond substituents is 1. The quantitative estimate of drug-likeness (QED) is 0.376. The van der Waals surface area contributed by atoms with Gasteiger partial charge in [-0.15, -0.1) is 0 Å². The number of rotatable bonds is 11. The largest absolute Gasteiger partial charge is 0.507 e. The molecule has 0 aliphatic carbocycles. The van der Waals surface area contributed by atoms with Gasteiger partial charge in [-0.05, 0) is 56.5 Å². The lowest BCUT2D eigenvalue weighted by atomic mass is 9.95. The average Bonchev–Trinajstić information content (AvgIpc) is 3.37. The maximum absolute atomic E-state index is 13.4. The van der Waals surface area contributed by atoms with Gasteiger partial charge in [-0.1, -0.05) is 37.6 Å². The van der Waals surface area contributed by atoms with Crippen LogP contribution in [-0.4, -0.2) is 52.0 Å². The van der Waals surface area contributed by atoms with E-state index < -0.39 is 0 Å². The lowest BCUT2D eigenvalue weighted by molar-refractivity contribution is 0.0601. The van der Waals surface area contributed by atoms with E-state index in [1.165, 1.54) is 0 Å². The highest BCUT2D eigenvalue weighted by atomic mass is 16.5. The first-order chi connectivity index (χ1) is 16.5. The van der Waals surface area contributed by atoms with E-state index in [0.29, 0.717) is 36.7 Å². The Balaban J connectivity index is 1.68. The summed E-state index contributed by atoms with van der Waals surface area (Å²) < 4.78 is 11.5. The molecule has 7 heteroatoms. The standard InChI is InChI=1S/C27H33N3O4/c1-4-5-16-34-20-13-11-19(12-14-20)26-23-24(21-9-6-7-10-22(21)31)28-29-25(23)27(32)30(26)15-8-17-33-18(2)3/h6-7,9-14,18,26,31H,4-5,8,15-17H2,1-3H3,(H,28,29)/t26-/m0/s1. The summed E-state index contributed by atoms with van der Waals surface area (Å²) in [5.74, 6) is 0.847. The van der Waals surface area contributed by atoms with Gasteiger partial charge >= 0.3 is 0 Å². The van der Waals surface area contributed by atoms with Crippen molar-refractivity contribution in [1.29, 1.82) is 0 Å². The van der Waals surface area contributed by atoms with Gasteiger partial charge < -0.3 is 19.5 Å². The fourth-order valence-corrected chi connectivity index (χ4v) is 4.29. The van der Waals surface area contributed by atoms with Crippen molar-refractivity contribution in [3.63, 3.8) is 0 Å². The maximum Gasteiger partial charge on any atom is 0.273 e. The zero-order valence-electron chi connectivity index (χ0n) is 20.1. The van der Waals surface area contributed by atoms with Crippen molar-refractivity contribution in [3.05, 3.63) is 65.4 Å². The van der Waals surface area contributed by atoms with Crippen LogP contribution in [0.1, 0.15) is 67.7 Å². The van der Waals surface area contributed by atoms with Crippen molar-refractivity contribution in [2.45, 2.75) is 52.2 Å². The van der Waals surface area contributed by atoms with E-state index in [0.717, 1.165) is 36.1 Å². The third-order valence-corrected chi connectivity index (χ3v) is 5.98. The van der Waals surface area contributed by atoms with E-state index in [1.54, 1.807) is 12.1 Å². The molecule has 2 aromatic carbocycles. The number of nitrogens with one attached hydrogen (secondary N) is 1. The maximum atomic E-state index is 13.4. The van der Waals surface area contributed by atoms with E-state index in [4.69, 9.17) is 9.47 Å². The summed E-state index contributed by atoms with van der Waals surface area (Å²) in [7, 11) is 0. The molecule has 7 nitrogen and oxygen atoms in total. The van der Waals surface area contributed by atoms with Gasteiger partial charge in [-0.2, -0.15) is 5.10 Å². The number of phenols is 1. The summed E-state index contributed by atoms with van der Waals surface area (Å²) in [4.78, 5) is 15.3. The number of fused-ring (bicyclic) bond motifs is 1. The molecule has 180 valence electrons. The molecule has 34 heavy (non-hydrogen) atoms. The Labute approximate surface area is 200 Å². The first-order valence-corrected chi connectivity index (χ1v) is 12.0. The molecule has 0 unspecified atom stereocenters. The van der Waals surface area contributed by atoms with Crippen LogP contribution >= 0.6 is 0 Å². The first kappa shape index (κ1) is 23.8. The molecule has 0 bridgehead atoms. The van der Waals surface area contributed by atoms with Crippen molar-refractivity contribution in [2.24, 2.45) is 0 Å². The molecule has 0 spiro atoms. The van der Waals surface area contributed by atoms with Crippen LogP contribution < -0.4 is 4.74 Å². The Morgan fingerprint density at radius 1 is 1.09 bits per heavy atom. The summed E-state index contributed by atoms with van der Waals surface area (Å²) in [5.41, 5.74) is 3.42. The minimum Gasteiger partial charge on any atom is -0.507 e. The van der Waals surface area contributed by atoms with Crippen molar-refractivity contribution in [2.75, 3.05) is 19.8 Å². The number of amides is 1. The van der Waals surface area contributed by atoms with Crippen LogP contribution in [0, 0.1) is 0 Å². The summed E-state index contributed by atoms with van der Waals surface area (Å²) in [5, 5.41) is 17.9. The number of carbonyl (C=O) groups excluding carboxylic acids is 1. The summed E-state index contributed by atoms with van der Waals surface area (Å²) in [6.45, 7) is 7.95. The molecule has 1 aliphatic heterocycles. The third-order valence-electron chi connectivity index (χ3n) is 5.98. The second-order valence-electron chi connectivity index (χ2n) is 8.82. The molecule has 2 N–H and O–H groups in total. The van der Waals surface area contributed by atoms with Gasteiger partial charge in [-0.25, -0.2) is 0 Å². The number of nitrogens with zero attached hydrogens (tertiary/aromatic N) is 2. The molecule has 3 aromatic rings. The van der Waals surface area contributed by atoms with E-state index in [1.807, 2.05) is 55.1 Å². The monoisotopic (exact) mass is 463 g/mol. The van der Waals surface area contributed by atoms with E-state index in [2.05, 4.69) is 17.1 Å². The number of ether oxygens (including phenoxy) is 2. The lowest BCUT2D eigenvalue weighted by Gasteiger charge is -2.26. The Morgan fingerprint density at radius 2 is 1.85 bits per heavy atom. The number of para-hydroxylation sites is 1. The Bertz CT molecular complexity index is 1110. The molecule has 4 rings (SSSR count). The molecule has 0 fully saturated rings. The molecular weight excluding hydrogens is 430 g/mol. The minimum absolute atomic E-state index is 0.0954. The number of aromatic nitrogens is 2. The fraction of sp³-hybridized carbons (Fsp3) is 0.407. The van der Waals surface area contributed by atoms with E-state index in [-0.39, 0.29) is 23.8 Å². The topological polar surface area (TPSA) is 87.7 Å². The summed E-state index contributed by atoms with van der Waals surface area (Å²) >= 11 is 0. The number of H-pyrrole nitrogens is 1. The van der Waals surface area contributed by atoms with Gasteiger partial charge in [0.1, 0.15) is 22.9 Å². The highest BCUT2D eigenvalue weighted by Crippen LogP contribution is 2.44. The van der Waals surface area contributed by atoms with Gasteiger partial charge in [0.25, 0.3) is 5.91 Å². The molecule has 1 aromatic heterocycles. The number of unbranched alkanes of at least 4 members (excludes halogenated alkanes) is 1. The lowest BCUT2D eigenvalue weighted by Crippen LogP contribution is -2.31. The van der Waals surface area contributed by atoms with Crippen molar-refractivity contribution in [3.8, 4) is 22.8 Å². The normalized spacial score (nSPS) is 15.2. The summed E-state index contributed by atoms with van der Waals surface area (Å²) in [6, 6.07) is 14.7. The molecule has 2 heterocycles. The minimum atomic E-state index is -0.320. The number of hydrogen-bond acceptors (Lipinski definition) is 5. The molecule has 0 saturated carbocycles. The Morgan fingerprint density at radius 3 is 2.56 bits per heavy atom. The second-order valence-corrected chi connectivity index (χ2v) is 8.82. The number of aromatic hydroxyl groups is 1. The van der Waals surface area contributed by atoms with Gasteiger partial charge in [0.2, 0.25) is 0 Å². The Hall–Kier alpha value is -3.32. The van der Waals surface area contributed by atoms with Gasteiger partial charge in [-0.3, -0.25) is 9.89 Å². The van der Waals surface area contributed by atoms with Crippen LogP contribution in [0.25, 0.3) is 11.3 Å². The van der Waals surface area contributed by atoms with Crippen LogP contribution in [0.3, 0.4) is 0 Å². The van der Waals surface area contributed by atoms with Crippen molar-refractivity contribution in [1.82, 2.24) is 15.1 Å². The first-order valence-electron chi connectivity index (χ1n) is 12.0. The highest BCUT2D eigenvalue weighted by molar-refractivity contribution is 6.00. The van der Waals surface area contributed by atoms with Crippen LogP contribution in [0.15, 0.2) is 48.5 Å². The van der Waals surface area contributed by atoms with Crippen molar-refractivity contribution >= 4 is 5.91 Å². The molecule has 0 radical (unpaired) electrons. The number of aromatic amines is 1. The van der Waals surface area contributed by atoms with Gasteiger partial charge in [0.05, 0.1) is 18.8 Å². The number of benzene rings is 2. The van der Waals surface area contributed by atoms with Gasteiger partial charge in [0.15, 0.2) is 0 Å². The average molecular weight is 464 g/mol. The van der Waals surface area contributed by atoms with Crippen LogP contribution in [0.4, 0.5) is 0 Å². The predicted molar refractivity (Wildman–Crippen MR) is 131 cm³/mol. The van der Waals surface area contributed by atoms with Crippen molar-refractivity contribution < 1.29 is 19.4 Å². The van der Waals surface area contributed by atoms with E-state index in [9.17, 15) is 9.90 Å². The van der Waals surface area contributed by atoms with Crippen LogP contribution in [0.5, 0.6) is 11.5 Å². The molecular formula is C27H33N3O4. The summed E-state index contributed by atoms with van der Waals surface area (Å²) in [6.07, 6.45) is 2.96. The second kappa shape index (κ2) is 10.7. The third kappa shape index (κ3) is 4.94. The molecule has 0 saturated heterocycles. The molecule has 1 atom stereocenters. The number of hydrogen-bond donors (Lipinski definition) is 2. The van der Waals surface area contributed by atoms with Gasteiger partial charge in [0, 0.05) is 24.3 Å². The number of carbonyl (C=O) groups is 1. The Kier molecular flexibility index (Phi) is 7.53. The van der Waals surface area contributed by atoms with Crippen LogP contribution in [0.2, 0.25) is 0 Å². The smallest absolute Gasteiger partial charge is 0.273 e. The molecule has 1 aliphatic rings. The van der Waals surface area contributed by atoms with Crippen LogP contribution in [-0.2, 0) is 4.74 Å². The zero-order valence-corrected chi connectivity index (χ0v) is 20.1.